The summed E-state index contributed by atoms with van der Waals surface area (Å²) in [6.45, 7) is 0. The maximum atomic E-state index is 12.6. The fraction of sp³-hybridized carbons (Fsp3) is 0.118. The van der Waals surface area contributed by atoms with E-state index < -0.39 is 5.43 Å². The van der Waals surface area contributed by atoms with Crippen LogP contribution in [-0.2, 0) is 0 Å². The number of fused-ring (bicyclic) bond motifs is 1. The summed E-state index contributed by atoms with van der Waals surface area (Å²) in [6, 6.07) is 10.6. The molecule has 0 amide bonds. The fourth-order valence-electron chi connectivity index (χ4n) is 2.45. The van der Waals surface area contributed by atoms with Gasteiger partial charge in [0, 0.05) is 22.2 Å². The lowest BCUT2D eigenvalue weighted by Crippen LogP contribution is -2.07. The Morgan fingerprint density at radius 3 is 2.39 bits per heavy atom. The van der Waals surface area contributed by atoms with E-state index in [4.69, 9.17) is 9.47 Å². The van der Waals surface area contributed by atoms with E-state index in [0.717, 1.165) is 4.47 Å². The summed E-state index contributed by atoms with van der Waals surface area (Å²) < 4.78 is 11.4. The molecule has 118 valence electrons. The smallest absolute Gasteiger partial charge is 0.235 e. The van der Waals surface area contributed by atoms with Gasteiger partial charge in [-0.25, -0.2) is 0 Å². The van der Waals surface area contributed by atoms with Gasteiger partial charge >= 0.3 is 0 Å². The number of aromatic hydroxyl groups is 1. The quantitative estimate of drug-likeness (QED) is 0.732. The molecule has 0 atom stereocenters. The van der Waals surface area contributed by atoms with Crippen LogP contribution in [0.25, 0.3) is 22.2 Å². The van der Waals surface area contributed by atoms with Crippen molar-refractivity contribution in [1.82, 2.24) is 4.98 Å². The zero-order valence-corrected chi connectivity index (χ0v) is 14.1. The molecule has 0 saturated heterocycles. The van der Waals surface area contributed by atoms with Gasteiger partial charge in [0.15, 0.2) is 5.75 Å². The number of halogens is 1. The van der Waals surface area contributed by atoms with Crippen molar-refractivity contribution in [3.63, 3.8) is 0 Å². The molecule has 1 heterocycles. The number of aromatic nitrogens is 1. The summed E-state index contributed by atoms with van der Waals surface area (Å²) in [6.07, 6.45) is 0. The Morgan fingerprint density at radius 2 is 1.78 bits per heavy atom. The molecule has 3 aromatic rings. The Balaban J connectivity index is 2.35. The molecule has 0 radical (unpaired) electrons. The van der Waals surface area contributed by atoms with Crippen LogP contribution in [-0.4, -0.2) is 24.3 Å². The summed E-state index contributed by atoms with van der Waals surface area (Å²) in [5, 5.41) is 10.6. The molecule has 0 saturated carbocycles. The van der Waals surface area contributed by atoms with E-state index in [1.807, 2.05) is 12.1 Å². The first-order valence-corrected chi connectivity index (χ1v) is 7.61. The highest BCUT2D eigenvalue weighted by Gasteiger charge is 2.17. The second-order valence-electron chi connectivity index (χ2n) is 4.94. The Morgan fingerprint density at radius 1 is 1.09 bits per heavy atom. The van der Waals surface area contributed by atoms with Crippen molar-refractivity contribution in [2.45, 2.75) is 0 Å². The zero-order valence-electron chi connectivity index (χ0n) is 12.5. The summed E-state index contributed by atoms with van der Waals surface area (Å²) >= 11 is 3.36. The Hall–Kier alpha value is -2.47. The number of H-pyrrole nitrogens is 1. The van der Waals surface area contributed by atoms with E-state index >= 15 is 0 Å². The first kappa shape index (κ1) is 15.4. The van der Waals surface area contributed by atoms with Crippen LogP contribution in [0.2, 0.25) is 0 Å². The van der Waals surface area contributed by atoms with Gasteiger partial charge in [-0.1, -0.05) is 28.1 Å². The van der Waals surface area contributed by atoms with Crippen molar-refractivity contribution in [3.8, 4) is 28.5 Å². The molecule has 1 aromatic heterocycles. The molecule has 0 aliphatic rings. The Bertz CT molecular complexity index is 932. The topological polar surface area (TPSA) is 71.6 Å². The SMILES string of the molecule is COc1cc(OC)c2c(=O)c(O)c(-c3ccc(Br)cc3)[nH]c2c1. The highest BCUT2D eigenvalue weighted by Crippen LogP contribution is 2.33. The van der Waals surface area contributed by atoms with E-state index in [2.05, 4.69) is 20.9 Å². The van der Waals surface area contributed by atoms with Crippen LogP contribution in [0, 0.1) is 0 Å². The van der Waals surface area contributed by atoms with Crippen LogP contribution in [0.3, 0.4) is 0 Å². The van der Waals surface area contributed by atoms with E-state index in [1.54, 1.807) is 24.3 Å². The van der Waals surface area contributed by atoms with Crippen molar-refractivity contribution < 1.29 is 14.6 Å². The molecular weight excluding hydrogens is 362 g/mol. The Kier molecular flexibility index (Phi) is 4.00. The predicted molar refractivity (Wildman–Crippen MR) is 92.5 cm³/mol. The molecule has 5 nitrogen and oxygen atoms in total. The molecule has 0 fully saturated rings. The lowest BCUT2D eigenvalue weighted by atomic mass is 10.1. The first-order chi connectivity index (χ1) is 11.0. The number of benzene rings is 2. The highest BCUT2D eigenvalue weighted by atomic mass is 79.9. The van der Waals surface area contributed by atoms with Crippen molar-refractivity contribution in [2.24, 2.45) is 0 Å². The second-order valence-corrected chi connectivity index (χ2v) is 5.85. The molecule has 0 spiro atoms. The minimum Gasteiger partial charge on any atom is -0.503 e. The average molecular weight is 376 g/mol. The van der Waals surface area contributed by atoms with Crippen LogP contribution in [0.1, 0.15) is 0 Å². The van der Waals surface area contributed by atoms with Gasteiger partial charge in [-0.2, -0.15) is 0 Å². The fourth-order valence-corrected chi connectivity index (χ4v) is 2.72. The number of methoxy groups -OCH3 is 2. The molecule has 0 unspecified atom stereocenters. The van der Waals surface area contributed by atoms with E-state index in [1.165, 1.54) is 14.2 Å². The van der Waals surface area contributed by atoms with Gasteiger partial charge in [-0.3, -0.25) is 4.79 Å². The first-order valence-electron chi connectivity index (χ1n) is 6.82. The summed E-state index contributed by atoms with van der Waals surface area (Å²) in [7, 11) is 3.00. The third-order valence-electron chi connectivity index (χ3n) is 3.60. The van der Waals surface area contributed by atoms with Crippen molar-refractivity contribution >= 4 is 26.8 Å². The van der Waals surface area contributed by atoms with E-state index in [0.29, 0.717) is 28.3 Å². The molecule has 0 aliphatic heterocycles. The van der Waals surface area contributed by atoms with Crippen LogP contribution in [0.15, 0.2) is 45.7 Å². The molecule has 23 heavy (non-hydrogen) atoms. The van der Waals surface area contributed by atoms with Gasteiger partial charge in [0.25, 0.3) is 0 Å². The second kappa shape index (κ2) is 5.96. The van der Waals surface area contributed by atoms with Crippen molar-refractivity contribution in [1.29, 1.82) is 0 Å². The number of hydrogen-bond acceptors (Lipinski definition) is 4. The standard InChI is InChI=1S/C17H14BrNO4/c1-22-11-7-12-14(13(8-11)23-2)16(20)17(21)15(19-12)9-3-5-10(18)6-4-9/h3-8,21H,1-2H3,(H,19,20). The Labute approximate surface area is 140 Å². The third kappa shape index (κ3) is 2.66. The molecule has 2 aromatic carbocycles. The maximum Gasteiger partial charge on any atom is 0.235 e. The van der Waals surface area contributed by atoms with Gasteiger partial charge in [0.1, 0.15) is 11.5 Å². The maximum absolute atomic E-state index is 12.6. The number of aromatic amines is 1. The van der Waals surface area contributed by atoms with Gasteiger partial charge < -0.3 is 19.6 Å². The lowest BCUT2D eigenvalue weighted by Gasteiger charge is -2.12. The lowest BCUT2D eigenvalue weighted by molar-refractivity contribution is 0.397. The molecular formula is C17H14BrNO4. The van der Waals surface area contributed by atoms with E-state index in [-0.39, 0.29) is 11.1 Å². The molecule has 3 rings (SSSR count). The minimum atomic E-state index is -0.490. The minimum absolute atomic E-state index is 0.284. The van der Waals surface area contributed by atoms with Gasteiger partial charge in [0.2, 0.25) is 5.43 Å². The number of pyridine rings is 1. The van der Waals surface area contributed by atoms with Crippen LogP contribution in [0.5, 0.6) is 17.2 Å². The molecule has 2 N–H and O–H groups in total. The average Bonchev–Trinajstić information content (AvgIpc) is 2.57. The monoisotopic (exact) mass is 375 g/mol. The number of rotatable bonds is 3. The number of ether oxygens (including phenoxy) is 2. The van der Waals surface area contributed by atoms with E-state index in [9.17, 15) is 9.90 Å². The van der Waals surface area contributed by atoms with Gasteiger partial charge in [-0.05, 0) is 12.1 Å². The van der Waals surface area contributed by atoms with Crippen molar-refractivity contribution in [2.75, 3.05) is 14.2 Å². The van der Waals surface area contributed by atoms with Crippen LogP contribution in [0.4, 0.5) is 0 Å². The molecule has 0 bridgehead atoms. The highest BCUT2D eigenvalue weighted by molar-refractivity contribution is 9.10. The summed E-state index contributed by atoms with van der Waals surface area (Å²) in [5.41, 5.74) is 1.09. The van der Waals surface area contributed by atoms with Gasteiger partial charge in [-0.15, -0.1) is 0 Å². The number of hydrogen-bond donors (Lipinski definition) is 2. The summed E-state index contributed by atoms with van der Waals surface area (Å²) in [5.74, 6) is 0.555. The van der Waals surface area contributed by atoms with Crippen LogP contribution < -0.4 is 14.9 Å². The predicted octanol–water partition coefficient (Wildman–Crippen LogP) is 3.68. The van der Waals surface area contributed by atoms with Crippen LogP contribution >= 0.6 is 15.9 Å². The molecule has 6 heteroatoms. The third-order valence-corrected chi connectivity index (χ3v) is 4.13. The number of nitrogens with one attached hydrogen (secondary N) is 1. The normalized spacial score (nSPS) is 10.7. The summed E-state index contributed by atoms with van der Waals surface area (Å²) in [4.78, 5) is 15.7. The molecule has 0 aliphatic carbocycles. The van der Waals surface area contributed by atoms with Crippen molar-refractivity contribution in [3.05, 3.63) is 51.1 Å². The largest absolute Gasteiger partial charge is 0.503 e. The zero-order chi connectivity index (χ0) is 16.6. The van der Waals surface area contributed by atoms with Gasteiger partial charge in [0.05, 0.1) is 30.8 Å².